The summed E-state index contributed by atoms with van der Waals surface area (Å²) < 4.78 is 0. The number of allylic oxidation sites excluding steroid dienone is 2. The van der Waals surface area contributed by atoms with Crippen LogP contribution in [0.5, 0.6) is 0 Å². The molecule has 4 rings (SSSR count). The number of Topliss-reactive ketones (excluding diaryl/α,β-unsaturated/α-hetero) is 1. The number of hydrogen-bond donors (Lipinski definition) is 0. The van der Waals surface area contributed by atoms with Gasteiger partial charge in [-0.25, -0.2) is 0 Å². The van der Waals surface area contributed by atoms with Crippen molar-refractivity contribution in [2.45, 2.75) is 51.9 Å². The third-order valence-electron chi connectivity index (χ3n) is 5.82. The fourth-order valence-corrected chi connectivity index (χ4v) is 4.36. The van der Waals surface area contributed by atoms with Crippen LogP contribution in [0.15, 0.2) is 59.8 Å². The topological polar surface area (TPSA) is 37.4 Å². The lowest BCUT2D eigenvalue weighted by Gasteiger charge is -2.39. The van der Waals surface area contributed by atoms with E-state index >= 15 is 0 Å². The Labute approximate surface area is 160 Å². The van der Waals surface area contributed by atoms with Crippen molar-refractivity contribution in [2.24, 2.45) is 0 Å². The lowest BCUT2D eigenvalue weighted by Crippen LogP contribution is -2.40. The minimum atomic E-state index is -0.119. The molecule has 1 amide bonds. The van der Waals surface area contributed by atoms with Crippen molar-refractivity contribution < 1.29 is 9.59 Å². The molecular formula is C24H25NO2. The van der Waals surface area contributed by atoms with E-state index in [4.69, 9.17) is 0 Å². The normalized spacial score (nSPS) is 20.1. The number of benzene rings is 2. The van der Waals surface area contributed by atoms with E-state index in [1.54, 1.807) is 0 Å². The molecule has 0 bridgehead atoms. The smallest absolute Gasteiger partial charge is 0.232 e. The van der Waals surface area contributed by atoms with Gasteiger partial charge in [-0.15, -0.1) is 0 Å². The third kappa shape index (κ3) is 3.12. The van der Waals surface area contributed by atoms with Gasteiger partial charge in [0.2, 0.25) is 5.91 Å². The largest absolute Gasteiger partial charge is 0.294 e. The molecule has 0 aromatic heterocycles. The Hall–Kier alpha value is -2.68. The highest BCUT2D eigenvalue weighted by atomic mass is 16.2. The first-order chi connectivity index (χ1) is 13.1. The van der Waals surface area contributed by atoms with Gasteiger partial charge in [-0.1, -0.05) is 49.4 Å². The molecule has 2 aromatic carbocycles. The summed E-state index contributed by atoms with van der Waals surface area (Å²) in [7, 11) is 0. The van der Waals surface area contributed by atoms with Crippen LogP contribution < -0.4 is 4.90 Å². The van der Waals surface area contributed by atoms with Crippen LogP contribution in [-0.2, 0) is 16.0 Å². The van der Waals surface area contributed by atoms with Gasteiger partial charge >= 0.3 is 0 Å². The predicted octanol–water partition coefficient (Wildman–Crippen LogP) is 5.09. The molecule has 0 fully saturated rings. The highest BCUT2D eigenvalue weighted by Crippen LogP contribution is 2.43. The van der Waals surface area contributed by atoms with Crippen LogP contribution >= 0.6 is 0 Å². The summed E-state index contributed by atoms with van der Waals surface area (Å²) in [5.74, 6) is 0.167. The minimum absolute atomic E-state index is 0.0855. The molecule has 1 heterocycles. The number of aryl methyl sites for hydroxylation is 2. The zero-order chi connectivity index (χ0) is 19.0. The number of anilines is 1. The molecule has 1 aliphatic heterocycles. The first-order valence-corrected chi connectivity index (χ1v) is 9.83. The van der Waals surface area contributed by atoms with E-state index in [0.717, 1.165) is 47.3 Å². The van der Waals surface area contributed by atoms with Crippen molar-refractivity contribution in [2.75, 3.05) is 4.90 Å². The number of amides is 1. The third-order valence-corrected chi connectivity index (χ3v) is 5.82. The first-order valence-electron chi connectivity index (χ1n) is 9.83. The zero-order valence-corrected chi connectivity index (χ0v) is 16.0. The molecule has 27 heavy (non-hydrogen) atoms. The second-order valence-corrected chi connectivity index (χ2v) is 7.50. The van der Waals surface area contributed by atoms with E-state index in [-0.39, 0.29) is 17.6 Å². The van der Waals surface area contributed by atoms with Crippen molar-refractivity contribution in [3.8, 4) is 0 Å². The van der Waals surface area contributed by atoms with Crippen molar-refractivity contribution in [1.82, 2.24) is 0 Å². The summed E-state index contributed by atoms with van der Waals surface area (Å²) >= 11 is 0. The van der Waals surface area contributed by atoms with Gasteiger partial charge in [0.25, 0.3) is 0 Å². The molecule has 0 saturated carbocycles. The van der Waals surface area contributed by atoms with Crippen molar-refractivity contribution in [1.29, 1.82) is 0 Å². The summed E-state index contributed by atoms with van der Waals surface area (Å²) in [5.41, 5.74) is 6.08. The molecule has 2 aromatic rings. The molecule has 0 N–H and O–H groups in total. The highest BCUT2D eigenvalue weighted by Gasteiger charge is 2.39. The van der Waals surface area contributed by atoms with Gasteiger partial charge in [-0.2, -0.15) is 0 Å². The molecule has 1 aliphatic carbocycles. The van der Waals surface area contributed by atoms with E-state index < -0.39 is 0 Å². The van der Waals surface area contributed by atoms with Crippen LogP contribution in [0.3, 0.4) is 0 Å². The molecule has 138 valence electrons. The van der Waals surface area contributed by atoms with Crippen molar-refractivity contribution in [3.63, 3.8) is 0 Å². The number of carbonyl (C=O) groups excluding carboxylic acids is 2. The second-order valence-electron chi connectivity index (χ2n) is 7.50. The quantitative estimate of drug-likeness (QED) is 0.766. The molecule has 0 radical (unpaired) electrons. The van der Waals surface area contributed by atoms with Crippen LogP contribution in [0.1, 0.15) is 55.2 Å². The number of para-hydroxylation sites is 1. The molecule has 0 spiro atoms. The van der Waals surface area contributed by atoms with Gasteiger partial charge in [0.05, 0.1) is 5.69 Å². The van der Waals surface area contributed by atoms with Crippen LogP contribution in [0.2, 0.25) is 0 Å². The van der Waals surface area contributed by atoms with E-state index in [1.807, 2.05) is 36.1 Å². The lowest BCUT2D eigenvalue weighted by atomic mass is 9.77. The van der Waals surface area contributed by atoms with Crippen LogP contribution in [-0.4, -0.2) is 11.7 Å². The van der Waals surface area contributed by atoms with Gasteiger partial charge in [-0.05, 0) is 48.9 Å². The fraction of sp³-hybridized carbons (Fsp3) is 0.333. The van der Waals surface area contributed by atoms with Gasteiger partial charge in [0.1, 0.15) is 0 Å². The average molecular weight is 359 g/mol. The van der Waals surface area contributed by atoms with Crippen molar-refractivity contribution in [3.05, 3.63) is 76.5 Å². The van der Waals surface area contributed by atoms with Gasteiger partial charge < -0.3 is 0 Å². The SMILES string of the molecule is CCc1ccc(C2CC(=O)N(c3ccccc3C)C3=C2C(=O)CCC3)cc1. The standard InChI is InChI=1S/C24H25NO2/c1-3-17-11-13-18(14-12-17)19-15-23(27)25(20-8-5-4-7-16(20)2)21-9-6-10-22(26)24(19)21/h4-5,7-8,11-14,19H,3,6,9-10,15H2,1-2H3. The monoisotopic (exact) mass is 359 g/mol. The predicted molar refractivity (Wildman–Crippen MR) is 108 cm³/mol. The number of nitrogens with zero attached hydrogens (tertiary/aromatic N) is 1. The van der Waals surface area contributed by atoms with E-state index in [0.29, 0.717) is 12.8 Å². The Bertz CT molecular complexity index is 924. The molecule has 3 heteroatoms. The first kappa shape index (κ1) is 17.7. The van der Waals surface area contributed by atoms with Gasteiger partial charge in [-0.3, -0.25) is 14.5 Å². The number of ketones is 1. The summed E-state index contributed by atoms with van der Waals surface area (Å²) in [4.78, 5) is 27.9. The highest BCUT2D eigenvalue weighted by molar-refractivity contribution is 6.07. The maximum Gasteiger partial charge on any atom is 0.232 e. The number of carbonyl (C=O) groups is 2. The molecular weight excluding hydrogens is 334 g/mol. The lowest BCUT2D eigenvalue weighted by molar-refractivity contribution is -0.119. The van der Waals surface area contributed by atoms with E-state index in [1.165, 1.54) is 5.56 Å². The summed E-state index contributed by atoms with van der Waals surface area (Å²) in [6, 6.07) is 16.3. The Balaban J connectivity index is 1.84. The van der Waals surface area contributed by atoms with Gasteiger partial charge in [0.15, 0.2) is 5.78 Å². The van der Waals surface area contributed by atoms with Crippen molar-refractivity contribution >= 4 is 17.4 Å². The molecule has 0 saturated heterocycles. The van der Waals surface area contributed by atoms with E-state index in [9.17, 15) is 9.59 Å². The van der Waals surface area contributed by atoms with Gasteiger partial charge in [0, 0.05) is 30.0 Å². The maximum atomic E-state index is 13.2. The second kappa shape index (κ2) is 7.15. The Morgan fingerprint density at radius 1 is 1.00 bits per heavy atom. The molecule has 1 atom stereocenters. The average Bonchev–Trinajstić information content (AvgIpc) is 2.68. The fourth-order valence-electron chi connectivity index (χ4n) is 4.36. The Morgan fingerprint density at radius 3 is 2.44 bits per heavy atom. The molecule has 2 aliphatic rings. The number of rotatable bonds is 3. The minimum Gasteiger partial charge on any atom is -0.294 e. The Kier molecular flexibility index (Phi) is 4.69. The van der Waals surface area contributed by atoms with Crippen LogP contribution in [0.4, 0.5) is 5.69 Å². The van der Waals surface area contributed by atoms with Crippen LogP contribution in [0.25, 0.3) is 0 Å². The van der Waals surface area contributed by atoms with E-state index in [2.05, 4.69) is 31.2 Å². The molecule has 1 unspecified atom stereocenters. The zero-order valence-electron chi connectivity index (χ0n) is 16.0. The Morgan fingerprint density at radius 2 is 1.74 bits per heavy atom. The number of hydrogen-bond acceptors (Lipinski definition) is 2. The maximum absolute atomic E-state index is 13.2. The summed E-state index contributed by atoms with van der Waals surface area (Å²) in [6.45, 7) is 4.15. The summed E-state index contributed by atoms with van der Waals surface area (Å²) in [6.07, 6.45) is 3.51. The summed E-state index contributed by atoms with van der Waals surface area (Å²) in [5, 5.41) is 0. The molecule has 3 nitrogen and oxygen atoms in total. The van der Waals surface area contributed by atoms with Crippen LogP contribution in [0, 0.1) is 6.92 Å².